The zero-order valence-electron chi connectivity index (χ0n) is 7.26. The van der Waals surface area contributed by atoms with Crippen LogP contribution in [0, 0.1) is 5.82 Å². The molecule has 0 aliphatic heterocycles. The number of nitrogens with zero attached hydrogens (tertiary/aromatic N) is 1. The molecule has 1 heterocycles. The van der Waals surface area contributed by atoms with Gasteiger partial charge in [-0.1, -0.05) is 11.6 Å². The fourth-order valence-electron chi connectivity index (χ4n) is 1.08. The second-order valence-electron chi connectivity index (χ2n) is 3.21. The third-order valence-electron chi connectivity index (χ3n) is 2.00. The van der Waals surface area contributed by atoms with E-state index in [-0.39, 0.29) is 16.8 Å². The summed E-state index contributed by atoms with van der Waals surface area (Å²) in [4.78, 5) is 15.0. The van der Waals surface area contributed by atoms with Crippen LogP contribution in [0.1, 0.15) is 23.2 Å². The van der Waals surface area contributed by atoms with E-state index in [1.54, 1.807) is 0 Å². The number of hydrogen-bond donors (Lipinski definition) is 1. The average Bonchev–Trinajstić information content (AvgIpc) is 2.93. The van der Waals surface area contributed by atoms with Crippen LogP contribution in [-0.4, -0.2) is 16.9 Å². The first-order valence-corrected chi connectivity index (χ1v) is 4.67. The van der Waals surface area contributed by atoms with Crippen molar-refractivity contribution in [2.75, 3.05) is 0 Å². The Balaban J connectivity index is 2.21. The van der Waals surface area contributed by atoms with E-state index >= 15 is 0 Å². The van der Waals surface area contributed by atoms with Crippen LogP contribution in [0.15, 0.2) is 12.3 Å². The molecule has 0 bridgehead atoms. The van der Waals surface area contributed by atoms with Crippen molar-refractivity contribution in [1.82, 2.24) is 10.3 Å². The van der Waals surface area contributed by atoms with Gasteiger partial charge < -0.3 is 5.32 Å². The molecule has 1 amide bonds. The van der Waals surface area contributed by atoms with E-state index in [0.29, 0.717) is 0 Å². The molecule has 1 fully saturated rings. The summed E-state index contributed by atoms with van der Waals surface area (Å²) >= 11 is 5.44. The van der Waals surface area contributed by atoms with Crippen LogP contribution in [0.2, 0.25) is 5.15 Å². The molecule has 3 nitrogen and oxygen atoms in total. The van der Waals surface area contributed by atoms with E-state index in [9.17, 15) is 9.18 Å². The van der Waals surface area contributed by atoms with Crippen molar-refractivity contribution >= 4 is 17.5 Å². The van der Waals surface area contributed by atoms with Gasteiger partial charge in [0.25, 0.3) is 5.91 Å². The number of nitrogens with one attached hydrogen (secondary N) is 1. The third-order valence-corrected chi connectivity index (χ3v) is 2.27. The number of pyridine rings is 1. The highest BCUT2D eigenvalue weighted by Gasteiger charge is 2.25. The molecule has 0 saturated heterocycles. The first-order valence-electron chi connectivity index (χ1n) is 4.29. The van der Waals surface area contributed by atoms with Crippen LogP contribution >= 0.6 is 11.6 Å². The van der Waals surface area contributed by atoms with Crippen LogP contribution < -0.4 is 5.32 Å². The van der Waals surface area contributed by atoms with E-state index in [1.165, 1.54) is 12.3 Å². The molecule has 1 aromatic heterocycles. The molecule has 5 heteroatoms. The summed E-state index contributed by atoms with van der Waals surface area (Å²) in [7, 11) is 0. The molecule has 0 aromatic carbocycles. The molecule has 74 valence electrons. The average molecular weight is 215 g/mol. The van der Waals surface area contributed by atoms with Crippen LogP contribution in [0.4, 0.5) is 4.39 Å². The van der Waals surface area contributed by atoms with Crippen LogP contribution in [0.5, 0.6) is 0 Å². The van der Waals surface area contributed by atoms with Gasteiger partial charge in [0.1, 0.15) is 0 Å². The van der Waals surface area contributed by atoms with Gasteiger partial charge in [0.15, 0.2) is 11.0 Å². The van der Waals surface area contributed by atoms with Gasteiger partial charge in [-0.15, -0.1) is 0 Å². The predicted octanol–water partition coefficient (Wildman–Crippen LogP) is 1.77. The van der Waals surface area contributed by atoms with Gasteiger partial charge in [0, 0.05) is 12.2 Å². The third kappa shape index (κ3) is 1.85. The summed E-state index contributed by atoms with van der Waals surface area (Å²) in [5, 5.41) is 2.40. The molecule has 0 spiro atoms. The van der Waals surface area contributed by atoms with Crippen LogP contribution in [0.25, 0.3) is 0 Å². The fourth-order valence-corrected chi connectivity index (χ4v) is 1.24. The van der Waals surface area contributed by atoms with E-state index in [0.717, 1.165) is 12.8 Å². The van der Waals surface area contributed by atoms with Gasteiger partial charge >= 0.3 is 0 Å². The number of carbonyl (C=O) groups is 1. The highest BCUT2D eigenvalue weighted by atomic mass is 35.5. The number of carbonyl (C=O) groups excluding carboxylic acids is 1. The Morgan fingerprint density at radius 3 is 3.00 bits per heavy atom. The largest absolute Gasteiger partial charge is 0.349 e. The molecule has 0 unspecified atom stereocenters. The van der Waals surface area contributed by atoms with E-state index in [1.807, 2.05) is 0 Å². The van der Waals surface area contributed by atoms with Gasteiger partial charge in [-0.2, -0.15) is 0 Å². The van der Waals surface area contributed by atoms with E-state index in [4.69, 9.17) is 11.6 Å². The molecule has 0 radical (unpaired) electrons. The van der Waals surface area contributed by atoms with Crippen molar-refractivity contribution in [3.63, 3.8) is 0 Å². The Morgan fingerprint density at radius 1 is 1.64 bits per heavy atom. The van der Waals surface area contributed by atoms with Gasteiger partial charge in [-0.3, -0.25) is 4.79 Å². The van der Waals surface area contributed by atoms with Gasteiger partial charge in [0.05, 0.1) is 5.56 Å². The smallest absolute Gasteiger partial charge is 0.254 e. The highest BCUT2D eigenvalue weighted by molar-refractivity contribution is 6.29. The summed E-state index contributed by atoms with van der Waals surface area (Å²) in [5.74, 6) is -1.18. The second kappa shape index (κ2) is 3.53. The van der Waals surface area contributed by atoms with Crippen molar-refractivity contribution in [1.29, 1.82) is 0 Å². The molecule has 1 aliphatic rings. The van der Waals surface area contributed by atoms with Gasteiger partial charge in [-0.05, 0) is 18.9 Å². The van der Waals surface area contributed by atoms with E-state index in [2.05, 4.69) is 10.3 Å². The van der Waals surface area contributed by atoms with E-state index < -0.39 is 11.7 Å². The first-order chi connectivity index (χ1) is 6.68. The number of rotatable bonds is 2. The maximum Gasteiger partial charge on any atom is 0.254 e. The molecule has 1 aromatic rings. The molecule has 14 heavy (non-hydrogen) atoms. The molecule has 1 N–H and O–H groups in total. The quantitative estimate of drug-likeness (QED) is 0.763. The number of aromatic nitrogens is 1. The minimum Gasteiger partial charge on any atom is -0.349 e. The topological polar surface area (TPSA) is 42.0 Å². The second-order valence-corrected chi connectivity index (χ2v) is 3.57. The SMILES string of the molecule is O=C(NC1CC1)c1ccnc(Cl)c1F. The van der Waals surface area contributed by atoms with Gasteiger partial charge in [0.2, 0.25) is 0 Å². The number of amides is 1. The van der Waals surface area contributed by atoms with Crippen molar-refractivity contribution in [2.45, 2.75) is 18.9 Å². The Kier molecular flexibility index (Phi) is 2.37. The highest BCUT2D eigenvalue weighted by Crippen LogP contribution is 2.20. The van der Waals surface area contributed by atoms with Crippen molar-refractivity contribution < 1.29 is 9.18 Å². The maximum atomic E-state index is 13.3. The lowest BCUT2D eigenvalue weighted by atomic mass is 10.2. The minimum atomic E-state index is -0.757. The predicted molar refractivity (Wildman–Crippen MR) is 49.7 cm³/mol. The summed E-state index contributed by atoms with van der Waals surface area (Å²) in [6.45, 7) is 0. The molecule has 2 rings (SSSR count). The molecular formula is C9H8ClFN2O. The summed E-state index contributed by atoms with van der Waals surface area (Å²) in [5.41, 5.74) is -0.0445. The number of halogens is 2. The lowest BCUT2D eigenvalue weighted by Crippen LogP contribution is -2.26. The summed E-state index contributed by atoms with van der Waals surface area (Å²) < 4.78 is 13.3. The Hall–Kier alpha value is -1.16. The zero-order valence-corrected chi connectivity index (χ0v) is 8.01. The lowest BCUT2D eigenvalue weighted by Gasteiger charge is -2.04. The fraction of sp³-hybridized carbons (Fsp3) is 0.333. The standard InChI is InChI=1S/C9H8ClFN2O/c10-8-7(11)6(3-4-12-8)9(14)13-5-1-2-5/h3-5H,1-2H2,(H,13,14). The van der Waals surface area contributed by atoms with Crippen LogP contribution in [0.3, 0.4) is 0 Å². The molecule has 0 atom stereocenters. The number of hydrogen-bond acceptors (Lipinski definition) is 2. The normalized spacial score (nSPS) is 15.3. The zero-order chi connectivity index (χ0) is 10.1. The minimum absolute atomic E-state index is 0.0445. The monoisotopic (exact) mass is 214 g/mol. The van der Waals surface area contributed by atoms with Crippen LogP contribution in [-0.2, 0) is 0 Å². The summed E-state index contributed by atoms with van der Waals surface area (Å²) in [6, 6.07) is 1.52. The molecular weight excluding hydrogens is 207 g/mol. The lowest BCUT2D eigenvalue weighted by molar-refractivity contribution is 0.0947. The summed E-state index contributed by atoms with van der Waals surface area (Å²) in [6.07, 6.45) is 3.24. The maximum absolute atomic E-state index is 13.3. The van der Waals surface area contributed by atoms with Crippen molar-refractivity contribution in [3.8, 4) is 0 Å². The Bertz CT molecular complexity index is 379. The van der Waals surface area contributed by atoms with Crippen molar-refractivity contribution in [2.24, 2.45) is 0 Å². The molecule has 1 aliphatic carbocycles. The van der Waals surface area contributed by atoms with Crippen molar-refractivity contribution in [3.05, 3.63) is 28.8 Å². The Morgan fingerprint density at radius 2 is 2.36 bits per heavy atom. The molecule has 1 saturated carbocycles. The van der Waals surface area contributed by atoms with Gasteiger partial charge in [-0.25, -0.2) is 9.37 Å². The Labute approximate surface area is 85.3 Å². The first kappa shape index (κ1) is 9.40.